The molecular weight excluding hydrogens is 229 g/mol. The lowest BCUT2D eigenvalue weighted by Gasteiger charge is -2.46. The summed E-state index contributed by atoms with van der Waals surface area (Å²) < 4.78 is 19.4. The number of benzene rings is 1. The number of rotatable bonds is 3. The first-order chi connectivity index (χ1) is 8.80. The number of halogens is 1. The Hall–Kier alpha value is -0.930. The van der Waals surface area contributed by atoms with Gasteiger partial charge in [-0.25, -0.2) is 4.39 Å². The van der Waals surface area contributed by atoms with Gasteiger partial charge in [0.05, 0.1) is 0 Å². The van der Waals surface area contributed by atoms with Gasteiger partial charge in [-0.3, -0.25) is 0 Å². The Balaban J connectivity index is 1.79. The molecule has 1 aromatic rings. The lowest BCUT2D eigenvalue weighted by Crippen LogP contribution is -2.58. The third-order valence-electron chi connectivity index (χ3n) is 4.39. The Morgan fingerprint density at radius 3 is 2.56 bits per heavy atom. The zero-order valence-corrected chi connectivity index (χ0v) is 10.6. The van der Waals surface area contributed by atoms with Crippen LogP contribution in [0.3, 0.4) is 0 Å². The highest BCUT2D eigenvalue weighted by Crippen LogP contribution is 2.38. The van der Waals surface area contributed by atoms with Gasteiger partial charge in [0, 0.05) is 31.7 Å². The third-order valence-corrected chi connectivity index (χ3v) is 4.39. The Morgan fingerprint density at radius 1 is 1.22 bits per heavy atom. The minimum atomic E-state index is -0.0499. The van der Waals surface area contributed by atoms with Crippen LogP contribution in [-0.4, -0.2) is 26.3 Å². The topological polar surface area (TPSA) is 21.3 Å². The van der Waals surface area contributed by atoms with Crippen LogP contribution in [0.4, 0.5) is 4.39 Å². The minimum absolute atomic E-state index is 0.0212. The van der Waals surface area contributed by atoms with E-state index in [9.17, 15) is 4.39 Å². The highest BCUT2D eigenvalue weighted by Gasteiger charge is 2.42. The summed E-state index contributed by atoms with van der Waals surface area (Å²) in [6.45, 7) is 3.55. The van der Waals surface area contributed by atoms with Crippen molar-refractivity contribution in [1.29, 1.82) is 0 Å². The number of hydrogen-bond acceptors (Lipinski definition) is 2. The zero-order valence-electron chi connectivity index (χ0n) is 10.6. The molecule has 98 valence electrons. The molecule has 2 saturated heterocycles. The Bertz CT molecular complexity index is 411. The summed E-state index contributed by atoms with van der Waals surface area (Å²) in [5.41, 5.74) is 0.920. The van der Waals surface area contributed by atoms with Crippen LogP contribution >= 0.6 is 0 Å². The van der Waals surface area contributed by atoms with E-state index in [2.05, 4.69) is 5.32 Å². The Morgan fingerprint density at radius 2 is 1.94 bits per heavy atom. The van der Waals surface area contributed by atoms with Crippen LogP contribution in [-0.2, 0) is 10.2 Å². The molecule has 0 bridgehead atoms. The van der Waals surface area contributed by atoms with Crippen molar-refractivity contribution in [2.75, 3.05) is 26.3 Å². The molecule has 3 heteroatoms. The summed E-state index contributed by atoms with van der Waals surface area (Å²) in [6, 6.07) is 7.25. The first-order valence-electron chi connectivity index (χ1n) is 6.84. The maximum Gasteiger partial charge on any atom is 0.127 e. The van der Waals surface area contributed by atoms with Crippen molar-refractivity contribution in [3.05, 3.63) is 35.6 Å². The molecule has 0 amide bonds. The fourth-order valence-corrected chi connectivity index (χ4v) is 3.27. The molecule has 2 heterocycles. The second kappa shape index (κ2) is 4.98. The molecule has 18 heavy (non-hydrogen) atoms. The molecule has 2 nitrogen and oxygen atoms in total. The maximum atomic E-state index is 14.0. The van der Waals surface area contributed by atoms with Crippen molar-refractivity contribution in [1.82, 2.24) is 5.32 Å². The fraction of sp³-hybridized carbons (Fsp3) is 0.600. The van der Waals surface area contributed by atoms with Crippen LogP contribution < -0.4 is 5.32 Å². The number of hydrogen-bond donors (Lipinski definition) is 1. The number of ether oxygens (including phenoxy) is 1. The van der Waals surface area contributed by atoms with Crippen molar-refractivity contribution in [2.24, 2.45) is 5.92 Å². The van der Waals surface area contributed by atoms with Gasteiger partial charge in [-0.1, -0.05) is 18.2 Å². The van der Waals surface area contributed by atoms with Crippen LogP contribution in [0.15, 0.2) is 24.3 Å². The van der Waals surface area contributed by atoms with Crippen molar-refractivity contribution >= 4 is 0 Å². The van der Waals surface area contributed by atoms with E-state index in [1.807, 2.05) is 12.1 Å². The molecule has 1 N–H and O–H groups in total. The predicted molar refractivity (Wildman–Crippen MR) is 69.1 cm³/mol. The second-order valence-corrected chi connectivity index (χ2v) is 5.62. The van der Waals surface area contributed by atoms with Crippen LogP contribution in [0, 0.1) is 11.7 Å². The van der Waals surface area contributed by atoms with Crippen molar-refractivity contribution < 1.29 is 9.13 Å². The highest BCUT2D eigenvalue weighted by molar-refractivity contribution is 5.31. The van der Waals surface area contributed by atoms with Crippen molar-refractivity contribution in [3.63, 3.8) is 0 Å². The largest absolute Gasteiger partial charge is 0.381 e. The number of nitrogens with one attached hydrogen (secondary N) is 1. The quantitative estimate of drug-likeness (QED) is 0.888. The van der Waals surface area contributed by atoms with Gasteiger partial charge in [0.15, 0.2) is 0 Å². The predicted octanol–water partition coefficient (Wildman–Crippen LogP) is 2.48. The second-order valence-electron chi connectivity index (χ2n) is 5.62. The summed E-state index contributed by atoms with van der Waals surface area (Å²) in [4.78, 5) is 0. The summed E-state index contributed by atoms with van der Waals surface area (Å²) in [7, 11) is 0. The molecule has 0 saturated carbocycles. The van der Waals surface area contributed by atoms with E-state index in [1.54, 1.807) is 12.1 Å². The molecule has 0 unspecified atom stereocenters. The first kappa shape index (κ1) is 12.1. The lowest BCUT2D eigenvalue weighted by molar-refractivity contribution is 0.0496. The van der Waals surface area contributed by atoms with E-state index in [0.717, 1.165) is 51.1 Å². The van der Waals surface area contributed by atoms with E-state index in [4.69, 9.17) is 4.74 Å². The maximum absolute atomic E-state index is 14.0. The van der Waals surface area contributed by atoms with Gasteiger partial charge in [-0.2, -0.15) is 0 Å². The van der Waals surface area contributed by atoms with E-state index in [1.165, 1.54) is 0 Å². The lowest BCUT2D eigenvalue weighted by atomic mass is 9.68. The van der Waals surface area contributed by atoms with E-state index in [-0.39, 0.29) is 11.2 Å². The van der Waals surface area contributed by atoms with E-state index < -0.39 is 0 Å². The fourth-order valence-electron chi connectivity index (χ4n) is 3.27. The van der Waals surface area contributed by atoms with Gasteiger partial charge in [0.1, 0.15) is 5.82 Å². The molecule has 0 atom stereocenters. The van der Waals surface area contributed by atoms with Crippen LogP contribution in [0.1, 0.15) is 24.8 Å². The van der Waals surface area contributed by atoms with E-state index >= 15 is 0 Å². The average molecular weight is 249 g/mol. The SMILES string of the molecule is Fc1ccccc1C1(CC2CCOCC2)CNC1. The van der Waals surface area contributed by atoms with Gasteiger partial charge >= 0.3 is 0 Å². The molecule has 0 spiro atoms. The molecule has 2 aliphatic heterocycles. The molecule has 2 aliphatic rings. The van der Waals surface area contributed by atoms with Crippen molar-refractivity contribution in [2.45, 2.75) is 24.7 Å². The molecule has 1 aromatic carbocycles. The molecule has 0 radical (unpaired) electrons. The standard InChI is InChI=1S/C15H20FNO/c16-14-4-2-1-3-13(14)15(10-17-11-15)9-12-5-7-18-8-6-12/h1-4,12,17H,5-11H2. The molecular formula is C15H20FNO. The third kappa shape index (κ3) is 2.17. The Kier molecular flexibility index (Phi) is 3.35. The summed E-state index contributed by atoms with van der Waals surface area (Å²) in [5, 5.41) is 3.32. The monoisotopic (exact) mass is 249 g/mol. The summed E-state index contributed by atoms with van der Waals surface area (Å²) in [6.07, 6.45) is 3.33. The summed E-state index contributed by atoms with van der Waals surface area (Å²) >= 11 is 0. The van der Waals surface area contributed by atoms with Crippen molar-refractivity contribution in [3.8, 4) is 0 Å². The van der Waals surface area contributed by atoms with Gasteiger partial charge in [0.25, 0.3) is 0 Å². The molecule has 0 aromatic heterocycles. The molecule has 3 rings (SSSR count). The van der Waals surface area contributed by atoms with Crippen LogP contribution in [0.25, 0.3) is 0 Å². The van der Waals surface area contributed by atoms with Crippen LogP contribution in [0.5, 0.6) is 0 Å². The average Bonchev–Trinajstić information content (AvgIpc) is 2.36. The highest BCUT2D eigenvalue weighted by atomic mass is 19.1. The summed E-state index contributed by atoms with van der Waals surface area (Å²) in [5.74, 6) is 0.631. The zero-order chi connectivity index (χ0) is 12.4. The smallest absolute Gasteiger partial charge is 0.127 e. The Labute approximate surface area is 108 Å². The molecule has 2 fully saturated rings. The first-order valence-corrected chi connectivity index (χ1v) is 6.84. The molecule has 0 aliphatic carbocycles. The van der Waals surface area contributed by atoms with Crippen LogP contribution in [0.2, 0.25) is 0 Å². The normalized spacial score (nSPS) is 23.6. The minimum Gasteiger partial charge on any atom is -0.381 e. The van der Waals surface area contributed by atoms with E-state index in [0.29, 0.717) is 5.92 Å². The van der Waals surface area contributed by atoms with Gasteiger partial charge in [-0.15, -0.1) is 0 Å². The van der Waals surface area contributed by atoms with Gasteiger partial charge < -0.3 is 10.1 Å². The van der Waals surface area contributed by atoms with Gasteiger partial charge in [-0.05, 0) is 36.8 Å². The van der Waals surface area contributed by atoms with Gasteiger partial charge in [0.2, 0.25) is 0 Å².